The molecule has 2 aromatic rings. The third-order valence-corrected chi connectivity index (χ3v) is 3.56. The zero-order chi connectivity index (χ0) is 19.2. The highest BCUT2D eigenvalue weighted by molar-refractivity contribution is 6.05. The summed E-state index contributed by atoms with van der Waals surface area (Å²) in [5.41, 5.74) is -0.530. The molecule has 0 aliphatic heterocycles. The van der Waals surface area contributed by atoms with Crippen LogP contribution in [0.3, 0.4) is 0 Å². The molecule has 0 spiro atoms. The fourth-order valence-corrected chi connectivity index (χ4v) is 2.17. The van der Waals surface area contributed by atoms with E-state index in [4.69, 9.17) is 4.74 Å². The molecule has 0 bridgehead atoms. The summed E-state index contributed by atoms with van der Waals surface area (Å²) in [6, 6.07) is 12.1. The van der Waals surface area contributed by atoms with Gasteiger partial charge in [-0.05, 0) is 50.2 Å². The molecule has 6 heteroatoms. The lowest BCUT2D eigenvalue weighted by Crippen LogP contribution is -2.43. The molecule has 0 aliphatic carbocycles. The first kappa shape index (κ1) is 19.2. The van der Waals surface area contributed by atoms with Crippen LogP contribution in [-0.2, 0) is 4.79 Å². The molecule has 0 atom stereocenters. The van der Waals surface area contributed by atoms with Gasteiger partial charge in [-0.15, -0.1) is 6.58 Å². The maximum atomic E-state index is 13.0. The lowest BCUT2D eigenvalue weighted by Gasteiger charge is -2.25. The van der Waals surface area contributed by atoms with Crippen LogP contribution >= 0.6 is 0 Å². The molecule has 0 unspecified atom stereocenters. The lowest BCUT2D eigenvalue weighted by atomic mass is 10.1. The van der Waals surface area contributed by atoms with Gasteiger partial charge in [0.05, 0.1) is 11.3 Å². The van der Waals surface area contributed by atoms with Crippen LogP contribution in [0.1, 0.15) is 24.2 Å². The summed E-state index contributed by atoms with van der Waals surface area (Å²) in [6.07, 6.45) is 1.57. The van der Waals surface area contributed by atoms with Crippen molar-refractivity contribution in [2.45, 2.75) is 19.4 Å². The van der Waals surface area contributed by atoms with Crippen LogP contribution in [0.15, 0.2) is 61.2 Å². The van der Waals surface area contributed by atoms with Crippen LogP contribution < -0.4 is 15.4 Å². The zero-order valence-electron chi connectivity index (χ0n) is 14.7. The number of amides is 2. The van der Waals surface area contributed by atoms with Crippen molar-refractivity contribution in [3.05, 3.63) is 72.6 Å². The number of anilines is 1. The maximum absolute atomic E-state index is 13.0. The topological polar surface area (TPSA) is 67.4 Å². The molecule has 0 aromatic heterocycles. The molecule has 0 fully saturated rings. The van der Waals surface area contributed by atoms with Gasteiger partial charge in [0, 0.05) is 6.54 Å². The minimum Gasteiger partial charge on any atom is -0.478 e. The van der Waals surface area contributed by atoms with Gasteiger partial charge in [-0.25, -0.2) is 4.39 Å². The highest BCUT2D eigenvalue weighted by Crippen LogP contribution is 2.22. The van der Waals surface area contributed by atoms with Gasteiger partial charge in [-0.3, -0.25) is 9.59 Å². The molecule has 2 rings (SSSR count). The van der Waals surface area contributed by atoms with E-state index in [0.29, 0.717) is 23.5 Å². The van der Waals surface area contributed by atoms with Crippen LogP contribution in [0.2, 0.25) is 0 Å². The molecule has 2 aromatic carbocycles. The Labute approximate surface area is 151 Å². The fraction of sp³-hybridized carbons (Fsp3) is 0.200. The Morgan fingerprint density at radius 2 is 1.81 bits per heavy atom. The van der Waals surface area contributed by atoms with E-state index in [1.54, 1.807) is 44.2 Å². The SMILES string of the molecule is C=CCNC(=O)c1ccccc1NC(=O)C(C)(C)Oc1ccc(F)cc1. The van der Waals surface area contributed by atoms with Crippen molar-refractivity contribution in [2.24, 2.45) is 0 Å². The van der Waals surface area contributed by atoms with Crippen molar-refractivity contribution in [1.29, 1.82) is 0 Å². The number of benzene rings is 2. The summed E-state index contributed by atoms with van der Waals surface area (Å²) in [7, 11) is 0. The smallest absolute Gasteiger partial charge is 0.267 e. The molecule has 0 heterocycles. The van der Waals surface area contributed by atoms with E-state index in [0.717, 1.165) is 0 Å². The van der Waals surface area contributed by atoms with Crippen molar-refractivity contribution in [3.8, 4) is 5.75 Å². The minimum absolute atomic E-state index is 0.320. The molecule has 0 radical (unpaired) electrons. The minimum atomic E-state index is -1.23. The molecule has 2 amide bonds. The van der Waals surface area contributed by atoms with E-state index >= 15 is 0 Å². The molecule has 0 aliphatic rings. The van der Waals surface area contributed by atoms with Crippen molar-refractivity contribution in [1.82, 2.24) is 5.32 Å². The average molecular weight is 356 g/mol. The van der Waals surface area contributed by atoms with Crippen molar-refractivity contribution in [2.75, 3.05) is 11.9 Å². The highest BCUT2D eigenvalue weighted by Gasteiger charge is 2.31. The lowest BCUT2D eigenvalue weighted by molar-refractivity contribution is -0.128. The number of carbonyl (C=O) groups excluding carboxylic acids is 2. The predicted molar refractivity (Wildman–Crippen MR) is 98.7 cm³/mol. The molecule has 136 valence electrons. The second-order valence-corrected chi connectivity index (χ2v) is 6.06. The van der Waals surface area contributed by atoms with E-state index in [1.807, 2.05) is 0 Å². The van der Waals surface area contributed by atoms with Gasteiger partial charge < -0.3 is 15.4 Å². The molecular formula is C20H21FN2O3. The Hall–Kier alpha value is -3.15. The number of hydrogen-bond donors (Lipinski definition) is 2. The largest absolute Gasteiger partial charge is 0.478 e. The first-order valence-corrected chi connectivity index (χ1v) is 8.07. The summed E-state index contributed by atoms with van der Waals surface area (Å²) in [6.45, 7) is 7.05. The Morgan fingerprint density at radius 3 is 2.46 bits per heavy atom. The summed E-state index contributed by atoms with van der Waals surface area (Å²) in [4.78, 5) is 24.8. The Morgan fingerprint density at radius 1 is 1.15 bits per heavy atom. The Balaban J connectivity index is 2.14. The van der Waals surface area contributed by atoms with E-state index < -0.39 is 11.5 Å². The van der Waals surface area contributed by atoms with E-state index in [2.05, 4.69) is 17.2 Å². The fourth-order valence-electron chi connectivity index (χ4n) is 2.17. The van der Waals surface area contributed by atoms with Gasteiger partial charge in [-0.2, -0.15) is 0 Å². The summed E-state index contributed by atoms with van der Waals surface area (Å²) in [5.74, 6) is -0.786. The van der Waals surface area contributed by atoms with Gasteiger partial charge >= 0.3 is 0 Å². The number of nitrogens with one attached hydrogen (secondary N) is 2. The normalized spacial score (nSPS) is 10.7. The van der Waals surface area contributed by atoms with Gasteiger partial charge in [0.2, 0.25) is 0 Å². The third-order valence-electron chi connectivity index (χ3n) is 3.56. The predicted octanol–water partition coefficient (Wildman–Crippen LogP) is 3.54. The standard InChI is InChI=1S/C20H21FN2O3/c1-4-13-22-18(24)16-7-5-6-8-17(16)23-19(25)20(2,3)26-15-11-9-14(21)10-12-15/h4-12H,1,13H2,2-3H3,(H,22,24)(H,23,25). The first-order chi connectivity index (χ1) is 12.3. The quantitative estimate of drug-likeness (QED) is 0.746. The van der Waals surface area contributed by atoms with Crippen LogP contribution in [-0.4, -0.2) is 24.0 Å². The monoisotopic (exact) mass is 356 g/mol. The number of hydrogen-bond acceptors (Lipinski definition) is 3. The molecule has 0 saturated carbocycles. The summed E-state index contributed by atoms with van der Waals surface area (Å²) >= 11 is 0. The van der Waals surface area contributed by atoms with Crippen molar-refractivity contribution < 1.29 is 18.7 Å². The highest BCUT2D eigenvalue weighted by atomic mass is 19.1. The maximum Gasteiger partial charge on any atom is 0.267 e. The second-order valence-electron chi connectivity index (χ2n) is 6.06. The molecule has 0 saturated heterocycles. The van der Waals surface area contributed by atoms with Crippen LogP contribution in [0.25, 0.3) is 0 Å². The van der Waals surface area contributed by atoms with Gasteiger partial charge in [-0.1, -0.05) is 18.2 Å². The van der Waals surface area contributed by atoms with Gasteiger partial charge in [0.1, 0.15) is 11.6 Å². The van der Waals surface area contributed by atoms with Crippen LogP contribution in [0.5, 0.6) is 5.75 Å². The Kier molecular flexibility index (Phi) is 6.11. The van der Waals surface area contributed by atoms with Gasteiger partial charge in [0.15, 0.2) is 5.60 Å². The van der Waals surface area contributed by atoms with E-state index in [9.17, 15) is 14.0 Å². The molecule has 5 nitrogen and oxygen atoms in total. The summed E-state index contributed by atoms with van der Waals surface area (Å²) < 4.78 is 18.7. The van der Waals surface area contributed by atoms with Crippen molar-refractivity contribution >= 4 is 17.5 Å². The molecule has 2 N–H and O–H groups in total. The molecule has 26 heavy (non-hydrogen) atoms. The van der Waals surface area contributed by atoms with Crippen LogP contribution in [0.4, 0.5) is 10.1 Å². The number of halogens is 1. The first-order valence-electron chi connectivity index (χ1n) is 8.07. The number of ether oxygens (including phenoxy) is 1. The number of rotatable bonds is 7. The van der Waals surface area contributed by atoms with E-state index in [1.165, 1.54) is 24.3 Å². The summed E-state index contributed by atoms with van der Waals surface area (Å²) in [5, 5.41) is 5.39. The van der Waals surface area contributed by atoms with Crippen LogP contribution in [0, 0.1) is 5.82 Å². The second kappa shape index (κ2) is 8.29. The third kappa shape index (κ3) is 4.92. The average Bonchev–Trinajstić information content (AvgIpc) is 2.62. The van der Waals surface area contributed by atoms with Crippen molar-refractivity contribution in [3.63, 3.8) is 0 Å². The number of carbonyl (C=O) groups is 2. The van der Waals surface area contributed by atoms with Gasteiger partial charge in [0.25, 0.3) is 11.8 Å². The Bertz CT molecular complexity index is 801. The number of para-hydroxylation sites is 1. The van der Waals surface area contributed by atoms with E-state index in [-0.39, 0.29) is 11.7 Å². The molecular weight excluding hydrogens is 335 g/mol. The zero-order valence-corrected chi connectivity index (χ0v) is 14.7.